The Morgan fingerprint density at radius 3 is 2.30 bits per heavy atom. The zero-order valence-electron chi connectivity index (χ0n) is 10.6. The molecule has 2 N–H and O–H groups in total. The van der Waals surface area contributed by atoms with Crippen LogP contribution in [0.2, 0.25) is 0 Å². The van der Waals surface area contributed by atoms with Crippen LogP contribution in [-0.4, -0.2) is 5.91 Å². The number of hydrazine groups is 1. The number of amides is 1. The number of rotatable bonds is 2. The monoisotopic (exact) mass is 268 g/mol. The van der Waals surface area contributed by atoms with Crippen molar-refractivity contribution >= 4 is 11.6 Å². The third-order valence-electron chi connectivity index (χ3n) is 3.25. The van der Waals surface area contributed by atoms with Crippen LogP contribution in [0.3, 0.4) is 0 Å². The van der Waals surface area contributed by atoms with Crippen molar-refractivity contribution in [3.63, 3.8) is 0 Å². The zero-order chi connectivity index (χ0) is 13.9. The number of hydrogen-bond donors (Lipinski definition) is 2. The van der Waals surface area contributed by atoms with E-state index in [1.807, 2.05) is 36.4 Å². The van der Waals surface area contributed by atoms with Gasteiger partial charge >= 0.3 is 0 Å². The summed E-state index contributed by atoms with van der Waals surface area (Å²) in [6.07, 6.45) is 1.85. The molecule has 1 heterocycles. The van der Waals surface area contributed by atoms with E-state index >= 15 is 0 Å². The molecule has 1 unspecified atom stereocenters. The molecule has 0 aromatic heterocycles. The van der Waals surface area contributed by atoms with E-state index in [0.717, 1.165) is 16.8 Å². The van der Waals surface area contributed by atoms with Crippen LogP contribution < -0.4 is 10.9 Å². The highest BCUT2D eigenvalue weighted by molar-refractivity contribution is 5.90. The SMILES string of the molecule is O=C1NNC(c2ccccc2)=CC1c1ccc(F)cc1. The topological polar surface area (TPSA) is 41.1 Å². The van der Waals surface area contributed by atoms with E-state index in [1.54, 1.807) is 12.1 Å². The summed E-state index contributed by atoms with van der Waals surface area (Å²) in [5, 5.41) is 0. The number of halogens is 1. The van der Waals surface area contributed by atoms with Gasteiger partial charge in [0.1, 0.15) is 5.82 Å². The molecular formula is C16H13FN2O. The van der Waals surface area contributed by atoms with Crippen LogP contribution in [0.25, 0.3) is 5.70 Å². The summed E-state index contributed by atoms with van der Waals surface area (Å²) in [6, 6.07) is 15.7. The Bertz CT molecular complexity index is 650. The van der Waals surface area contributed by atoms with Gasteiger partial charge in [0, 0.05) is 0 Å². The highest BCUT2D eigenvalue weighted by Crippen LogP contribution is 2.24. The molecule has 4 heteroatoms. The molecule has 2 aromatic rings. The van der Waals surface area contributed by atoms with Gasteiger partial charge in [0.25, 0.3) is 0 Å². The molecule has 0 saturated heterocycles. The van der Waals surface area contributed by atoms with E-state index in [-0.39, 0.29) is 11.7 Å². The van der Waals surface area contributed by atoms with E-state index in [9.17, 15) is 9.18 Å². The van der Waals surface area contributed by atoms with E-state index in [2.05, 4.69) is 10.9 Å². The quantitative estimate of drug-likeness (QED) is 0.879. The maximum absolute atomic E-state index is 13.0. The summed E-state index contributed by atoms with van der Waals surface area (Å²) >= 11 is 0. The predicted octanol–water partition coefficient (Wildman–Crippen LogP) is 2.58. The fourth-order valence-electron chi connectivity index (χ4n) is 2.19. The van der Waals surface area contributed by atoms with Crippen molar-refractivity contribution in [2.45, 2.75) is 5.92 Å². The van der Waals surface area contributed by atoms with E-state index in [4.69, 9.17) is 0 Å². The van der Waals surface area contributed by atoms with Crippen molar-refractivity contribution in [1.29, 1.82) is 0 Å². The van der Waals surface area contributed by atoms with Gasteiger partial charge in [-0.3, -0.25) is 15.6 Å². The molecule has 3 rings (SSSR count). The van der Waals surface area contributed by atoms with Crippen LogP contribution in [0, 0.1) is 5.82 Å². The van der Waals surface area contributed by atoms with Crippen LogP contribution in [0.5, 0.6) is 0 Å². The molecule has 1 aliphatic heterocycles. The van der Waals surface area contributed by atoms with Gasteiger partial charge in [0.05, 0.1) is 11.6 Å². The van der Waals surface area contributed by atoms with Crippen molar-refractivity contribution in [2.24, 2.45) is 0 Å². The minimum Gasteiger partial charge on any atom is -0.298 e. The van der Waals surface area contributed by atoms with Gasteiger partial charge in [-0.15, -0.1) is 0 Å². The number of benzene rings is 2. The van der Waals surface area contributed by atoms with E-state index in [1.165, 1.54) is 12.1 Å². The maximum atomic E-state index is 13.0. The lowest BCUT2D eigenvalue weighted by molar-refractivity contribution is -0.122. The molecule has 20 heavy (non-hydrogen) atoms. The van der Waals surface area contributed by atoms with Gasteiger partial charge < -0.3 is 0 Å². The normalized spacial score (nSPS) is 17.9. The average Bonchev–Trinajstić information content (AvgIpc) is 2.50. The third kappa shape index (κ3) is 2.40. The molecule has 1 aliphatic rings. The summed E-state index contributed by atoms with van der Waals surface area (Å²) in [5.74, 6) is -0.890. The Morgan fingerprint density at radius 1 is 0.900 bits per heavy atom. The van der Waals surface area contributed by atoms with Crippen molar-refractivity contribution in [2.75, 3.05) is 0 Å². The van der Waals surface area contributed by atoms with E-state index < -0.39 is 5.92 Å². The maximum Gasteiger partial charge on any atom is 0.249 e. The largest absolute Gasteiger partial charge is 0.298 e. The average molecular weight is 268 g/mol. The summed E-state index contributed by atoms with van der Waals surface area (Å²) in [4.78, 5) is 11.9. The number of carbonyl (C=O) groups is 1. The molecule has 0 aliphatic carbocycles. The fraction of sp³-hybridized carbons (Fsp3) is 0.0625. The highest BCUT2D eigenvalue weighted by Gasteiger charge is 2.23. The lowest BCUT2D eigenvalue weighted by Crippen LogP contribution is -2.42. The first-order valence-corrected chi connectivity index (χ1v) is 6.32. The van der Waals surface area contributed by atoms with Gasteiger partial charge in [-0.1, -0.05) is 42.5 Å². The first kappa shape index (κ1) is 12.4. The van der Waals surface area contributed by atoms with Gasteiger partial charge in [-0.2, -0.15) is 0 Å². The molecule has 100 valence electrons. The van der Waals surface area contributed by atoms with Crippen LogP contribution >= 0.6 is 0 Å². The van der Waals surface area contributed by atoms with E-state index in [0.29, 0.717) is 0 Å². The summed E-state index contributed by atoms with van der Waals surface area (Å²) in [7, 11) is 0. The third-order valence-corrected chi connectivity index (χ3v) is 3.25. The van der Waals surface area contributed by atoms with Crippen molar-refractivity contribution in [1.82, 2.24) is 10.9 Å². The lowest BCUT2D eigenvalue weighted by Gasteiger charge is -2.23. The molecule has 0 fully saturated rings. The summed E-state index contributed by atoms with van der Waals surface area (Å²) < 4.78 is 13.0. The Balaban J connectivity index is 1.97. The van der Waals surface area contributed by atoms with Crippen molar-refractivity contribution < 1.29 is 9.18 Å². The smallest absolute Gasteiger partial charge is 0.249 e. The molecule has 3 nitrogen and oxygen atoms in total. The van der Waals surface area contributed by atoms with Crippen molar-refractivity contribution in [3.8, 4) is 0 Å². The predicted molar refractivity (Wildman–Crippen MR) is 74.8 cm³/mol. The van der Waals surface area contributed by atoms with Gasteiger partial charge in [0.2, 0.25) is 5.91 Å². The second kappa shape index (κ2) is 5.17. The number of hydrogen-bond acceptors (Lipinski definition) is 2. The molecule has 1 atom stereocenters. The zero-order valence-corrected chi connectivity index (χ0v) is 10.6. The van der Waals surface area contributed by atoms with Gasteiger partial charge in [-0.05, 0) is 29.3 Å². The van der Waals surface area contributed by atoms with Crippen LogP contribution in [0.1, 0.15) is 17.0 Å². The highest BCUT2D eigenvalue weighted by atomic mass is 19.1. The number of nitrogens with one attached hydrogen (secondary N) is 2. The molecule has 0 saturated carbocycles. The van der Waals surface area contributed by atoms with Crippen molar-refractivity contribution in [3.05, 3.63) is 77.6 Å². The fourth-order valence-corrected chi connectivity index (χ4v) is 2.19. The Morgan fingerprint density at radius 2 is 1.60 bits per heavy atom. The summed E-state index contributed by atoms with van der Waals surface area (Å²) in [5.41, 5.74) is 8.11. The Labute approximate surface area is 116 Å². The lowest BCUT2D eigenvalue weighted by atomic mass is 9.94. The van der Waals surface area contributed by atoms with Gasteiger partial charge in [-0.25, -0.2) is 4.39 Å². The second-order valence-corrected chi connectivity index (χ2v) is 4.59. The molecule has 0 spiro atoms. The van der Waals surface area contributed by atoms with Crippen LogP contribution in [0.4, 0.5) is 4.39 Å². The van der Waals surface area contributed by atoms with Crippen LogP contribution in [-0.2, 0) is 4.79 Å². The first-order chi connectivity index (χ1) is 9.74. The number of carbonyl (C=O) groups excluding carboxylic acids is 1. The molecule has 0 radical (unpaired) electrons. The summed E-state index contributed by atoms with van der Waals surface area (Å²) in [6.45, 7) is 0. The Kier molecular flexibility index (Phi) is 3.21. The molecule has 0 bridgehead atoms. The van der Waals surface area contributed by atoms with Crippen LogP contribution in [0.15, 0.2) is 60.7 Å². The molecule has 2 aromatic carbocycles. The standard InChI is InChI=1S/C16H13FN2O/c17-13-8-6-11(7-9-13)14-10-15(18-19-16(14)20)12-4-2-1-3-5-12/h1-10,14,18H,(H,19,20). The molecule has 1 amide bonds. The minimum atomic E-state index is -0.424. The first-order valence-electron chi connectivity index (χ1n) is 6.32. The molecular weight excluding hydrogens is 255 g/mol. The van der Waals surface area contributed by atoms with Gasteiger partial charge in [0.15, 0.2) is 0 Å². The Hall–Kier alpha value is -2.62. The second-order valence-electron chi connectivity index (χ2n) is 4.59. The minimum absolute atomic E-state index is 0.156.